The highest BCUT2D eigenvalue weighted by Crippen LogP contribution is 2.30. The number of rotatable bonds is 1. The van der Waals surface area contributed by atoms with Crippen LogP contribution >= 0.6 is 15.9 Å². The van der Waals surface area contributed by atoms with E-state index in [4.69, 9.17) is 0 Å². The van der Waals surface area contributed by atoms with Gasteiger partial charge < -0.3 is 4.90 Å². The smallest absolute Gasteiger partial charge is 0.259 e. The molecule has 0 aliphatic carbocycles. The molecule has 0 spiro atoms. The van der Waals surface area contributed by atoms with Gasteiger partial charge >= 0.3 is 0 Å². The van der Waals surface area contributed by atoms with Crippen LogP contribution in [0.1, 0.15) is 22.3 Å². The lowest BCUT2D eigenvalue weighted by Gasteiger charge is -2.29. The predicted molar refractivity (Wildman–Crippen MR) is 80.5 cm³/mol. The molecule has 1 heterocycles. The fraction of sp³-hybridized carbons (Fsp3) is 0.188. The molecular formula is C16H12BrF2NO. The SMILES string of the molecule is O=C(c1ccc(F)cc1Br)N1CCCc2cc(F)ccc21. The largest absolute Gasteiger partial charge is 0.308 e. The van der Waals surface area contributed by atoms with Crippen molar-refractivity contribution in [2.75, 3.05) is 11.4 Å². The van der Waals surface area contributed by atoms with Crippen molar-refractivity contribution in [2.45, 2.75) is 12.8 Å². The van der Waals surface area contributed by atoms with Gasteiger partial charge in [-0.2, -0.15) is 0 Å². The first-order valence-corrected chi connectivity index (χ1v) is 7.41. The third-order valence-corrected chi connectivity index (χ3v) is 4.22. The van der Waals surface area contributed by atoms with Crippen LogP contribution in [0.2, 0.25) is 0 Å². The van der Waals surface area contributed by atoms with Gasteiger partial charge in [-0.1, -0.05) is 0 Å². The number of carbonyl (C=O) groups excluding carboxylic acids is 1. The van der Waals surface area contributed by atoms with Gasteiger partial charge in [0.1, 0.15) is 11.6 Å². The van der Waals surface area contributed by atoms with Gasteiger partial charge in [0, 0.05) is 16.7 Å². The van der Waals surface area contributed by atoms with Gasteiger partial charge in [-0.25, -0.2) is 8.78 Å². The third kappa shape index (κ3) is 2.70. The number of hydrogen-bond acceptors (Lipinski definition) is 1. The minimum absolute atomic E-state index is 0.213. The van der Waals surface area contributed by atoms with Crippen molar-refractivity contribution < 1.29 is 13.6 Å². The molecule has 0 N–H and O–H groups in total. The van der Waals surface area contributed by atoms with E-state index in [0.717, 1.165) is 24.1 Å². The average Bonchev–Trinajstić information content (AvgIpc) is 2.45. The van der Waals surface area contributed by atoms with E-state index in [1.54, 1.807) is 11.0 Å². The quantitative estimate of drug-likeness (QED) is 0.749. The maximum Gasteiger partial charge on any atom is 0.259 e. The van der Waals surface area contributed by atoms with Crippen LogP contribution in [0.5, 0.6) is 0 Å². The minimum Gasteiger partial charge on any atom is -0.308 e. The Morgan fingerprint density at radius 3 is 2.57 bits per heavy atom. The standard InChI is InChI=1S/C16H12BrF2NO/c17-14-9-12(19)3-5-13(14)16(21)20-7-1-2-10-8-11(18)4-6-15(10)20/h3-6,8-9H,1-2,7H2. The van der Waals surface area contributed by atoms with Gasteiger partial charge in [-0.3, -0.25) is 4.79 Å². The summed E-state index contributed by atoms with van der Waals surface area (Å²) in [5.41, 5.74) is 1.95. The third-order valence-electron chi connectivity index (χ3n) is 3.57. The summed E-state index contributed by atoms with van der Waals surface area (Å²) in [6.45, 7) is 0.571. The zero-order valence-electron chi connectivity index (χ0n) is 11.1. The Bertz CT molecular complexity index is 717. The molecule has 0 aromatic heterocycles. The molecule has 1 aliphatic rings. The number of aryl methyl sites for hydroxylation is 1. The summed E-state index contributed by atoms with van der Waals surface area (Å²) in [6, 6.07) is 8.42. The van der Waals surface area contributed by atoms with Crippen LogP contribution in [0.4, 0.5) is 14.5 Å². The first-order valence-electron chi connectivity index (χ1n) is 6.61. The summed E-state index contributed by atoms with van der Waals surface area (Å²) in [5, 5.41) is 0. The lowest BCUT2D eigenvalue weighted by atomic mass is 10.0. The maximum atomic E-state index is 13.3. The van der Waals surface area contributed by atoms with Crippen LogP contribution in [-0.2, 0) is 6.42 Å². The summed E-state index contributed by atoms with van der Waals surface area (Å²) in [5.74, 6) is -0.917. The molecule has 0 saturated carbocycles. The Balaban J connectivity index is 2.00. The van der Waals surface area contributed by atoms with E-state index in [1.807, 2.05) is 0 Å². The fourth-order valence-corrected chi connectivity index (χ4v) is 3.11. The molecule has 2 nitrogen and oxygen atoms in total. The Hall–Kier alpha value is -1.75. The van der Waals surface area contributed by atoms with E-state index < -0.39 is 5.82 Å². The van der Waals surface area contributed by atoms with Crippen LogP contribution in [0, 0.1) is 11.6 Å². The number of amides is 1. The van der Waals surface area contributed by atoms with Crippen molar-refractivity contribution in [2.24, 2.45) is 0 Å². The molecule has 2 aromatic rings. The lowest BCUT2D eigenvalue weighted by Crippen LogP contribution is -2.35. The minimum atomic E-state index is -0.403. The van der Waals surface area contributed by atoms with Crippen molar-refractivity contribution in [3.05, 3.63) is 63.6 Å². The molecule has 2 aromatic carbocycles. The van der Waals surface area contributed by atoms with E-state index in [9.17, 15) is 13.6 Å². The van der Waals surface area contributed by atoms with Crippen LogP contribution < -0.4 is 4.90 Å². The number of benzene rings is 2. The Kier molecular flexibility index (Phi) is 3.76. The summed E-state index contributed by atoms with van der Waals surface area (Å²) >= 11 is 3.22. The van der Waals surface area contributed by atoms with Gasteiger partial charge in [0.25, 0.3) is 5.91 Å². The van der Waals surface area contributed by atoms with Crippen molar-refractivity contribution >= 4 is 27.5 Å². The number of hydrogen-bond donors (Lipinski definition) is 0. The molecule has 0 radical (unpaired) electrons. The molecule has 21 heavy (non-hydrogen) atoms. The predicted octanol–water partition coefficient (Wildman–Crippen LogP) is 4.32. The summed E-state index contributed by atoms with van der Waals surface area (Å²) in [4.78, 5) is 14.3. The monoisotopic (exact) mass is 351 g/mol. The van der Waals surface area contributed by atoms with E-state index in [2.05, 4.69) is 15.9 Å². The van der Waals surface area contributed by atoms with Gasteiger partial charge in [0.15, 0.2) is 0 Å². The average molecular weight is 352 g/mol. The normalized spacial score (nSPS) is 14.0. The molecule has 0 fully saturated rings. The topological polar surface area (TPSA) is 20.3 Å². The van der Waals surface area contributed by atoms with Crippen molar-refractivity contribution in [3.63, 3.8) is 0 Å². The fourth-order valence-electron chi connectivity index (χ4n) is 2.58. The number of halogens is 3. The number of anilines is 1. The molecule has 0 saturated heterocycles. The van der Waals surface area contributed by atoms with Gasteiger partial charge in [-0.05, 0) is 70.7 Å². The molecule has 0 atom stereocenters. The number of fused-ring (bicyclic) bond motifs is 1. The molecule has 3 rings (SSSR count). The van der Waals surface area contributed by atoms with Gasteiger partial charge in [0.05, 0.1) is 5.56 Å². The zero-order chi connectivity index (χ0) is 15.0. The van der Waals surface area contributed by atoms with E-state index >= 15 is 0 Å². The molecule has 108 valence electrons. The van der Waals surface area contributed by atoms with Crippen LogP contribution in [-0.4, -0.2) is 12.5 Å². The summed E-state index contributed by atoms with van der Waals surface area (Å²) in [7, 11) is 0. The Morgan fingerprint density at radius 1 is 1.10 bits per heavy atom. The van der Waals surface area contributed by atoms with Crippen LogP contribution in [0.25, 0.3) is 0 Å². The molecule has 0 unspecified atom stereocenters. The summed E-state index contributed by atoms with van der Waals surface area (Å²) < 4.78 is 26.9. The second kappa shape index (κ2) is 5.56. The second-order valence-electron chi connectivity index (χ2n) is 4.96. The molecule has 5 heteroatoms. The first-order chi connectivity index (χ1) is 10.1. The molecule has 0 bridgehead atoms. The van der Waals surface area contributed by atoms with Crippen LogP contribution in [0.3, 0.4) is 0 Å². The highest BCUT2D eigenvalue weighted by molar-refractivity contribution is 9.10. The van der Waals surface area contributed by atoms with Crippen molar-refractivity contribution in [1.29, 1.82) is 0 Å². The summed E-state index contributed by atoms with van der Waals surface area (Å²) in [6.07, 6.45) is 1.53. The molecule has 1 amide bonds. The first kappa shape index (κ1) is 14.2. The van der Waals surface area contributed by atoms with Gasteiger partial charge in [0.2, 0.25) is 0 Å². The van der Waals surface area contributed by atoms with E-state index in [1.165, 1.54) is 30.3 Å². The van der Waals surface area contributed by atoms with Gasteiger partial charge in [-0.15, -0.1) is 0 Å². The second-order valence-corrected chi connectivity index (χ2v) is 5.81. The number of nitrogens with zero attached hydrogens (tertiary/aromatic N) is 1. The Labute approximate surface area is 129 Å². The molecular weight excluding hydrogens is 340 g/mol. The molecule has 1 aliphatic heterocycles. The van der Waals surface area contributed by atoms with Crippen molar-refractivity contribution in [1.82, 2.24) is 0 Å². The highest BCUT2D eigenvalue weighted by atomic mass is 79.9. The van der Waals surface area contributed by atoms with E-state index in [0.29, 0.717) is 16.6 Å². The highest BCUT2D eigenvalue weighted by Gasteiger charge is 2.25. The van der Waals surface area contributed by atoms with Crippen molar-refractivity contribution in [3.8, 4) is 0 Å². The van der Waals surface area contributed by atoms with E-state index in [-0.39, 0.29) is 11.7 Å². The maximum absolute atomic E-state index is 13.3. The zero-order valence-corrected chi connectivity index (χ0v) is 12.7. The number of carbonyl (C=O) groups is 1. The lowest BCUT2D eigenvalue weighted by molar-refractivity contribution is 0.0984. The Morgan fingerprint density at radius 2 is 1.81 bits per heavy atom. The van der Waals surface area contributed by atoms with Crippen LogP contribution in [0.15, 0.2) is 40.9 Å².